The van der Waals surface area contributed by atoms with Crippen LogP contribution in [0.3, 0.4) is 0 Å². The lowest BCUT2D eigenvalue weighted by Gasteiger charge is -2.38. The van der Waals surface area contributed by atoms with Crippen LogP contribution >= 0.6 is 0 Å². The zero-order valence-corrected chi connectivity index (χ0v) is 14.6. The molecule has 0 aromatic carbocycles. The molecule has 1 aliphatic rings. The van der Waals surface area contributed by atoms with Crippen molar-refractivity contribution in [2.45, 2.75) is 51.4 Å². The highest BCUT2D eigenvalue weighted by molar-refractivity contribution is 5.44. The number of aromatic nitrogens is 3. The molecule has 0 bridgehead atoms. The Hall–Kier alpha value is -2.41. The molecule has 0 radical (unpaired) electrons. The molecule has 0 saturated heterocycles. The van der Waals surface area contributed by atoms with Gasteiger partial charge >= 0.3 is 0 Å². The first kappa shape index (κ1) is 17.4. The van der Waals surface area contributed by atoms with Crippen LogP contribution in [-0.4, -0.2) is 38.3 Å². The summed E-state index contributed by atoms with van der Waals surface area (Å²) >= 11 is 0. The molecule has 25 heavy (non-hydrogen) atoms. The summed E-state index contributed by atoms with van der Waals surface area (Å²) in [5.41, 5.74) is 6.82. The van der Waals surface area contributed by atoms with Crippen molar-refractivity contribution >= 4 is 11.8 Å². The van der Waals surface area contributed by atoms with E-state index in [0.717, 1.165) is 25.0 Å². The summed E-state index contributed by atoms with van der Waals surface area (Å²) in [6, 6.07) is 7.76. The molecule has 0 aliphatic heterocycles. The van der Waals surface area contributed by atoms with E-state index in [9.17, 15) is 5.11 Å². The maximum atomic E-state index is 9.68. The van der Waals surface area contributed by atoms with E-state index in [1.54, 1.807) is 12.3 Å². The first-order chi connectivity index (χ1) is 12.0. The van der Waals surface area contributed by atoms with Crippen molar-refractivity contribution < 1.29 is 9.84 Å². The minimum Gasteiger partial charge on any atom is -0.475 e. The average Bonchev–Trinajstić information content (AvgIpc) is 2.51. The van der Waals surface area contributed by atoms with Gasteiger partial charge in [0.2, 0.25) is 11.8 Å². The lowest BCUT2D eigenvalue weighted by atomic mass is 9.76. The van der Waals surface area contributed by atoms with Crippen LogP contribution < -0.4 is 15.8 Å². The van der Waals surface area contributed by atoms with Crippen molar-refractivity contribution in [3.8, 4) is 5.88 Å². The standard InChI is InChI=1S/C18H25N5O2/c1-11(2)25-17-10-16(22-18(19)23-17)21-15(12-7-14(24)8-12)9-13-5-3-4-6-20-13/h3-6,10-12,14-15,24H,7-9H2,1-2H3,(H3,19,21,22,23)/t12?,14?,15-/m0/s1. The van der Waals surface area contributed by atoms with E-state index in [1.807, 2.05) is 32.0 Å². The van der Waals surface area contributed by atoms with Gasteiger partial charge in [0, 0.05) is 30.4 Å². The molecule has 134 valence electrons. The van der Waals surface area contributed by atoms with Gasteiger partial charge in [-0.2, -0.15) is 9.97 Å². The number of pyridine rings is 1. The largest absolute Gasteiger partial charge is 0.475 e. The number of nitrogens with zero attached hydrogens (tertiary/aromatic N) is 3. The average molecular weight is 343 g/mol. The van der Waals surface area contributed by atoms with Crippen molar-refractivity contribution in [3.63, 3.8) is 0 Å². The van der Waals surface area contributed by atoms with E-state index in [2.05, 4.69) is 20.3 Å². The van der Waals surface area contributed by atoms with Gasteiger partial charge in [0.1, 0.15) is 5.82 Å². The molecule has 2 aromatic rings. The predicted octanol–water partition coefficient (Wildman–Crippen LogP) is 2.04. The SMILES string of the molecule is CC(C)Oc1cc(N[C@@H](Cc2ccccn2)C2CC(O)C2)nc(N)n1. The van der Waals surface area contributed by atoms with Crippen molar-refractivity contribution in [2.75, 3.05) is 11.1 Å². The molecule has 1 aliphatic carbocycles. The summed E-state index contributed by atoms with van der Waals surface area (Å²) in [5.74, 6) is 1.62. The van der Waals surface area contributed by atoms with Gasteiger partial charge in [0.05, 0.1) is 12.2 Å². The highest BCUT2D eigenvalue weighted by atomic mass is 16.5. The van der Waals surface area contributed by atoms with Gasteiger partial charge in [-0.05, 0) is 44.7 Å². The van der Waals surface area contributed by atoms with Gasteiger partial charge in [-0.25, -0.2) is 0 Å². The predicted molar refractivity (Wildman–Crippen MR) is 96.3 cm³/mol. The molecule has 0 unspecified atom stereocenters. The molecule has 0 spiro atoms. The Labute approximate surface area is 147 Å². The van der Waals surface area contributed by atoms with E-state index in [4.69, 9.17) is 10.5 Å². The van der Waals surface area contributed by atoms with E-state index < -0.39 is 0 Å². The number of aliphatic hydroxyl groups excluding tert-OH is 1. The van der Waals surface area contributed by atoms with Crippen LogP contribution in [0.2, 0.25) is 0 Å². The number of rotatable bonds is 7. The second kappa shape index (κ2) is 7.65. The fourth-order valence-electron chi connectivity index (χ4n) is 3.05. The Balaban J connectivity index is 1.76. The van der Waals surface area contributed by atoms with Crippen molar-refractivity contribution in [3.05, 3.63) is 36.2 Å². The maximum Gasteiger partial charge on any atom is 0.225 e. The van der Waals surface area contributed by atoms with Gasteiger partial charge < -0.3 is 20.9 Å². The highest BCUT2D eigenvalue weighted by Crippen LogP contribution is 2.33. The third-order valence-corrected chi connectivity index (χ3v) is 4.28. The van der Waals surface area contributed by atoms with Crippen molar-refractivity contribution in [1.29, 1.82) is 0 Å². The van der Waals surface area contributed by atoms with Crippen molar-refractivity contribution in [1.82, 2.24) is 15.0 Å². The molecule has 1 fully saturated rings. The van der Waals surface area contributed by atoms with Gasteiger partial charge in [0.25, 0.3) is 0 Å². The fraction of sp³-hybridized carbons (Fsp3) is 0.500. The quantitative estimate of drug-likeness (QED) is 0.706. The summed E-state index contributed by atoms with van der Waals surface area (Å²) in [5, 5.41) is 13.1. The number of ether oxygens (including phenoxy) is 1. The lowest BCUT2D eigenvalue weighted by molar-refractivity contribution is 0.0340. The second-order valence-electron chi connectivity index (χ2n) is 6.78. The minimum absolute atomic E-state index is 0.00763. The molecule has 2 aromatic heterocycles. The van der Waals surface area contributed by atoms with Crippen molar-refractivity contribution in [2.24, 2.45) is 5.92 Å². The van der Waals surface area contributed by atoms with Gasteiger partial charge in [-0.1, -0.05) is 6.07 Å². The number of nitrogens with two attached hydrogens (primary N) is 1. The number of nitrogens with one attached hydrogen (secondary N) is 1. The van der Waals surface area contributed by atoms with Crippen LogP contribution in [-0.2, 0) is 6.42 Å². The monoisotopic (exact) mass is 343 g/mol. The summed E-state index contributed by atoms with van der Waals surface area (Å²) in [7, 11) is 0. The molecule has 7 nitrogen and oxygen atoms in total. The van der Waals surface area contributed by atoms with Crippen LogP contribution in [0, 0.1) is 5.92 Å². The first-order valence-electron chi connectivity index (χ1n) is 8.65. The first-order valence-corrected chi connectivity index (χ1v) is 8.65. The van der Waals surface area contributed by atoms with Crippen LogP contribution in [0.1, 0.15) is 32.4 Å². The fourth-order valence-corrected chi connectivity index (χ4v) is 3.05. The molecule has 7 heteroatoms. The Morgan fingerprint density at radius 3 is 2.76 bits per heavy atom. The minimum atomic E-state index is -0.215. The third kappa shape index (κ3) is 4.79. The number of nitrogen functional groups attached to an aromatic ring is 1. The Morgan fingerprint density at radius 1 is 1.32 bits per heavy atom. The normalized spacial score (nSPS) is 20.8. The molecule has 4 N–H and O–H groups in total. The second-order valence-corrected chi connectivity index (χ2v) is 6.78. The van der Waals surface area contributed by atoms with Gasteiger partial charge in [-0.15, -0.1) is 0 Å². The smallest absolute Gasteiger partial charge is 0.225 e. The number of aliphatic hydroxyl groups is 1. The molecule has 0 amide bonds. The molecular weight excluding hydrogens is 318 g/mol. The van der Waals surface area contributed by atoms with Crippen LogP contribution in [0.4, 0.5) is 11.8 Å². The molecular formula is C18H25N5O2. The summed E-state index contributed by atoms with van der Waals surface area (Å²) in [6.07, 6.45) is 3.89. The van der Waals surface area contributed by atoms with E-state index in [-0.39, 0.29) is 24.2 Å². The van der Waals surface area contributed by atoms with Crippen LogP contribution in [0.5, 0.6) is 5.88 Å². The number of anilines is 2. The third-order valence-electron chi connectivity index (χ3n) is 4.28. The number of hydrogen-bond acceptors (Lipinski definition) is 7. The topological polar surface area (TPSA) is 106 Å². The summed E-state index contributed by atoms with van der Waals surface area (Å²) in [4.78, 5) is 12.8. The molecule has 1 saturated carbocycles. The summed E-state index contributed by atoms with van der Waals surface area (Å²) in [6.45, 7) is 3.87. The molecule has 2 heterocycles. The Morgan fingerprint density at radius 2 is 2.12 bits per heavy atom. The number of hydrogen-bond donors (Lipinski definition) is 3. The Bertz CT molecular complexity index is 689. The van der Waals surface area contributed by atoms with E-state index in [1.165, 1.54) is 0 Å². The van der Waals surface area contributed by atoms with Gasteiger partial charge in [-0.3, -0.25) is 4.98 Å². The zero-order chi connectivity index (χ0) is 17.8. The Kier molecular flexibility index (Phi) is 5.33. The van der Waals surface area contributed by atoms with Crippen LogP contribution in [0.15, 0.2) is 30.5 Å². The molecule has 1 atom stereocenters. The molecule has 3 rings (SSSR count). The van der Waals surface area contributed by atoms with E-state index >= 15 is 0 Å². The maximum absolute atomic E-state index is 9.68. The summed E-state index contributed by atoms with van der Waals surface area (Å²) < 4.78 is 5.63. The van der Waals surface area contributed by atoms with E-state index in [0.29, 0.717) is 17.6 Å². The highest BCUT2D eigenvalue weighted by Gasteiger charge is 2.34. The van der Waals surface area contributed by atoms with Crippen LogP contribution in [0.25, 0.3) is 0 Å². The van der Waals surface area contributed by atoms with Gasteiger partial charge in [0.15, 0.2) is 0 Å². The zero-order valence-electron chi connectivity index (χ0n) is 14.6. The lowest BCUT2D eigenvalue weighted by Crippen LogP contribution is -2.42.